The van der Waals surface area contributed by atoms with E-state index < -0.39 is 0 Å². The lowest BCUT2D eigenvalue weighted by Crippen LogP contribution is -2.07. The summed E-state index contributed by atoms with van der Waals surface area (Å²) in [5, 5.41) is 1.18. The van der Waals surface area contributed by atoms with Crippen molar-refractivity contribution in [2.75, 3.05) is 32.7 Å². The van der Waals surface area contributed by atoms with E-state index in [0.717, 1.165) is 38.5 Å². The van der Waals surface area contributed by atoms with E-state index in [1.165, 1.54) is 10.9 Å². The predicted octanol–water partition coefficient (Wildman–Crippen LogP) is 2.28. The van der Waals surface area contributed by atoms with Crippen LogP contribution in [0.5, 0.6) is 0 Å². The van der Waals surface area contributed by atoms with E-state index in [1.54, 1.807) is 7.11 Å². The molecular formula is C14H20N2O2. The number of aromatic nitrogens is 1. The standard InChI is InChI=1S/C14H20N2O2/c1-17-8-2-9-18-10-7-16-6-5-12-11-13(15)3-4-14(12)16/h3-6,11H,2,7-10,15H2,1H3. The Bertz CT molecular complexity index is 493. The van der Waals surface area contributed by atoms with Crippen molar-refractivity contribution in [2.45, 2.75) is 13.0 Å². The van der Waals surface area contributed by atoms with E-state index in [0.29, 0.717) is 0 Å². The van der Waals surface area contributed by atoms with Gasteiger partial charge in [0.15, 0.2) is 0 Å². The van der Waals surface area contributed by atoms with E-state index >= 15 is 0 Å². The van der Waals surface area contributed by atoms with Crippen LogP contribution in [0.15, 0.2) is 30.5 Å². The van der Waals surface area contributed by atoms with Gasteiger partial charge in [0.2, 0.25) is 0 Å². The molecule has 4 nitrogen and oxygen atoms in total. The summed E-state index contributed by atoms with van der Waals surface area (Å²) in [4.78, 5) is 0. The molecule has 0 amide bonds. The molecule has 18 heavy (non-hydrogen) atoms. The van der Waals surface area contributed by atoms with Gasteiger partial charge in [0.25, 0.3) is 0 Å². The Balaban J connectivity index is 1.84. The molecule has 0 spiro atoms. The fraction of sp³-hybridized carbons (Fsp3) is 0.429. The van der Waals surface area contributed by atoms with Crippen molar-refractivity contribution in [3.63, 3.8) is 0 Å². The van der Waals surface area contributed by atoms with Gasteiger partial charge in [0, 0.05) is 49.7 Å². The summed E-state index contributed by atoms with van der Waals surface area (Å²) in [5.74, 6) is 0. The second kappa shape index (κ2) is 6.42. The number of ether oxygens (including phenoxy) is 2. The van der Waals surface area contributed by atoms with Gasteiger partial charge in [-0.1, -0.05) is 0 Å². The minimum absolute atomic E-state index is 0.720. The zero-order valence-corrected chi connectivity index (χ0v) is 10.8. The molecule has 0 radical (unpaired) electrons. The van der Waals surface area contributed by atoms with Crippen LogP contribution in [0.4, 0.5) is 5.69 Å². The molecule has 0 saturated heterocycles. The second-order valence-electron chi connectivity index (χ2n) is 4.29. The third-order valence-electron chi connectivity index (χ3n) is 2.91. The summed E-state index contributed by atoms with van der Waals surface area (Å²) in [6.45, 7) is 3.09. The maximum absolute atomic E-state index is 5.76. The van der Waals surface area contributed by atoms with Crippen molar-refractivity contribution in [2.24, 2.45) is 0 Å². The molecule has 4 heteroatoms. The number of rotatable bonds is 7. The Hall–Kier alpha value is -1.52. The van der Waals surface area contributed by atoms with Gasteiger partial charge in [-0.25, -0.2) is 0 Å². The summed E-state index contributed by atoms with van der Waals surface area (Å²) < 4.78 is 12.7. The first-order valence-electron chi connectivity index (χ1n) is 6.22. The third-order valence-corrected chi connectivity index (χ3v) is 2.91. The maximum atomic E-state index is 5.76. The summed E-state index contributed by atoms with van der Waals surface area (Å²) >= 11 is 0. The van der Waals surface area contributed by atoms with Crippen molar-refractivity contribution >= 4 is 16.6 Å². The zero-order chi connectivity index (χ0) is 12.8. The molecule has 0 bridgehead atoms. The third kappa shape index (κ3) is 3.24. The Labute approximate surface area is 107 Å². The first-order valence-corrected chi connectivity index (χ1v) is 6.22. The summed E-state index contributed by atoms with van der Waals surface area (Å²) in [6, 6.07) is 8.05. The zero-order valence-electron chi connectivity index (χ0n) is 10.8. The highest BCUT2D eigenvalue weighted by molar-refractivity contribution is 5.83. The summed E-state index contributed by atoms with van der Waals surface area (Å²) in [6.07, 6.45) is 3.02. The number of methoxy groups -OCH3 is 1. The molecule has 2 N–H and O–H groups in total. The molecule has 0 aliphatic carbocycles. The monoisotopic (exact) mass is 248 g/mol. The minimum Gasteiger partial charge on any atom is -0.399 e. The van der Waals surface area contributed by atoms with Crippen molar-refractivity contribution in [1.82, 2.24) is 4.57 Å². The van der Waals surface area contributed by atoms with Gasteiger partial charge in [-0.05, 0) is 30.7 Å². The number of nitrogen functional groups attached to an aromatic ring is 1. The van der Waals surface area contributed by atoms with Crippen LogP contribution in [0.2, 0.25) is 0 Å². The van der Waals surface area contributed by atoms with Gasteiger partial charge >= 0.3 is 0 Å². The van der Waals surface area contributed by atoms with Gasteiger partial charge in [-0.15, -0.1) is 0 Å². The molecule has 98 valence electrons. The molecule has 2 rings (SSSR count). The van der Waals surface area contributed by atoms with Gasteiger partial charge in [0.1, 0.15) is 0 Å². The first-order chi connectivity index (χ1) is 8.81. The smallest absolute Gasteiger partial charge is 0.0645 e. The molecule has 0 aliphatic rings. The van der Waals surface area contributed by atoms with E-state index in [-0.39, 0.29) is 0 Å². The van der Waals surface area contributed by atoms with Gasteiger partial charge in [-0.2, -0.15) is 0 Å². The Morgan fingerprint density at radius 3 is 2.89 bits per heavy atom. The summed E-state index contributed by atoms with van der Waals surface area (Å²) in [5.41, 5.74) is 7.76. The average molecular weight is 248 g/mol. The van der Waals surface area contributed by atoms with Crippen molar-refractivity contribution in [1.29, 1.82) is 0 Å². The topological polar surface area (TPSA) is 49.4 Å². The molecule has 0 aliphatic heterocycles. The maximum Gasteiger partial charge on any atom is 0.0645 e. The predicted molar refractivity (Wildman–Crippen MR) is 73.7 cm³/mol. The van der Waals surface area contributed by atoms with E-state index in [1.807, 2.05) is 12.1 Å². The number of nitrogens with zero attached hydrogens (tertiary/aromatic N) is 1. The molecule has 0 unspecified atom stereocenters. The minimum atomic E-state index is 0.720. The van der Waals surface area contributed by atoms with Crippen LogP contribution in [-0.4, -0.2) is 31.5 Å². The number of hydrogen-bond donors (Lipinski definition) is 1. The number of hydrogen-bond acceptors (Lipinski definition) is 3. The van der Waals surface area contributed by atoms with E-state index in [9.17, 15) is 0 Å². The lowest BCUT2D eigenvalue weighted by atomic mass is 10.2. The van der Waals surface area contributed by atoms with Crippen LogP contribution >= 0.6 is 0 Å². The van der Waals surface area contributed by atoms with Crippen LogP contribution < -0.4 is 5.73 Å². The molecule has 2 aromatic rings. The van der Waals surface area contributed by atoms with Crippen molar-refractivity contribution in [3.05, 3.63) is 30.5 Å². The quantitative estimate of drug-likeness (QED) is 0.604. The highest BCUT2D eigenvalue weighted by Crippen LogP contribution is 2.18. The van der Waals surface area contributed by atoms with Gasteiger partial charge in [0.05, 0.1) is 6.61 Å². The molecule has 1 heterocycles. The fourth-order valence-electron chi connectivity index (χ4n) is 1.98. The van der Waals surface area contributed by atoms with Crippen LogP contribution in [0.25, 0.3) is 10.9 Å². The molecule has 0 saturated carbocycles. The molecular weight excluding hydrogens is 228 g/mol. The lowest BCUT2D eigenvalue weighted by molar-refractivity contribution is 0.0982. The van der Waals surface area contributed by atoms with Crippen LogP contribution in [0.1, 0.15) is 6.42 Å². The second-order valence-corrected chi connectivity index (χ2v) is 4.29. The van der Waals surface area contributed by atoms with Crippen LogP contribution in [0, 0.1) is 0 Å². The Morgan fingerprint density at radius 2 is 2.06 bits per heavy atom. The van der Waals surface area contributed by atoms with E-state index in [2.05, 4.69) is 22.9 Å². The first kappa shape index (κ1) is 12.9. The highest BCUT2D eigenvalue weighted by Gasteiger charge is 2.00. The highest BCUT2D eigenvalue weighted by atomic mass is 16.5. The van der Waals surface area contributed by atoms with Crippen molar-refractivity contribution < 1.29 is 9.47 Å². The van der Waals surface area contributed by atoms with Gasteiger partial charge < -0.3 is 19.8 Å². The SMILES string of the molecule is COCCCOCCn1ccc2cc(N)ccc21. The van der Waals surface area contributed by atoms with E-state index in [4.69, 9.17) is 15.2 Å². The Morgan fingerprint density at radius 1 is 1.17 bits per heavy atom. The number of fused-ring (bicyclic) bond motifs is 1. The average Bonchev–Trinajstić information content (AvgIpc) is 2.76. The Kier molecular flexibility index (Phi) is 4.61. The number of benzene rings is 1. The van der Waals surface area contributed by atoms with Crippen LogP contribution in [-0.2, 0) is 16.0 Å². The lowest BCUT2D eigenvalue weighted by Gasteiger charge is -2.07. The number of anilines is 1. The summed E-state index contributed by atoms with van der Waals surface area (Å²) in [7, 11) is 1.71. The number of nitrogens with two attached hydrogens (primary N) is 1. The fourth-order valence-corrected chi connectivity index (χ4v) is 1.98. The van der Waals surface area contributed by atoms with Crippen molar-refractivity contribution in [3.8, 4) is 0 Å². The molecule has 0 fully saturated rings. The largest absolute Gasteiger partial charge is 0.399 e. The molecule has 1 aromatic carbocycles. The molecule has 0 atom stereocenters. The van der Waals surface area contributed by atoms with Crippen LogP contribution in [0.3, 0.4) is 0 Å². The normalized spacial score (nSPS) is 11.2. The molecule has 1 aromatic heterocycles. The van der Waals surface area contributed by atoms with Gasteiger partial charge in [-0.3, -0.25) is 0 Å².